The van der Waals surface area contributed by atoms with Crippen molar-refractivity contribution in [3.05, 3.63) is 135 Å². The molecular weight excluding hydrogens is 1030 g/mol. The lowest BCUT2D eigenvalue weighted by Crippen LogP contribution is -2.41. The Morgan fingerprint density at radius 2 is 0.738 bits per heavy atom. The molecule has 10 heteroatoms. The van der Waals surface area contributed by atoms with Crippen LogP contribution in [0, 0.1) is 0 Å². The third kappa shape index (κ3) is 11.4. The first-order chi connectivity index (χ1) is 38.3. The summed E-state index contributed by atoms with van der Waals surface area (Å²) in [4.78, 5) is 19.9. The molecule has 0 atom stereocenters. The second-order valence-corrected chi connectivity index (χ2v) is 32.9. The lowest BCUT2D eigenvalue weighted by Gasteiger charge is -2.32. The summed E-state index contributed by atoms with van der Waals surface area (Å²) in [5.74, 6) is 0. The fourth-order valence-electron chi connectivity index (χ4n) is 11.5. The molecule has 8 nitrogen and oxygen atoms in total. The smallest absolute Gasteiger partial charge is 0.399 e. The number of hydrogen-bond donors (Lipinski definition) is 2. The normalized spacial score (nSPS) is 18.0. The van der Waals surface area contributed by atoms with E-state index >= 15 is 0 Å². The van der Waals surface area contributed by atoms with Crippen LogP contribution in [-0.4, -0.2) is 56.6 Å². The molecule has 8 bridgehead atoms. The van der Waals surface area contributed by atoms with Crippen LogP contribution in [0.5, 0.6) is 0 Å². The van der Waals surface area contributed by atoms with E-state index in [1.54, 1.807) is 0 Å². The van der Waals surface area contributed by atoms with Gasteiger partial charge in [0.05, 0.1) is 45.2 Å². The molecule has 3 aromatic heterocycles. The van der Waals surface area contributed by atoms with E-state index in [1.165, 1.54) is 33.4 Å². The number of benzene rings is 3. The minimum Gasteiger partial charge on any atom is -0.399 e. The largest absolute Gasteiger partial charge is 0.497 e. The molecule has 84 heavy (non-hydrogen) atoms. The van der Waals surface area contributed by atoms with Gasteiger partial charge in [0.1, 0.15) is 0 Å². The Hall–Kier alpha value is -5.77. The van der Waals surface area contributed by atoms with Gasteiger partial charge in [0, 0.05) is 49.7 Å². The number of hydrogen-bond acceptors (Lipinski definition) is 6. The third-order valence-electron chi connectivity index (χ3n) is 18.7. The summed E-state index contributed by atoms with van der Waals surface area (Å²) in [7, 11) is -1.53. The Balaban J connectivity index is 1.49. The predicted molar refractivity (Wildman–Crippen MR) is 358 cm³/mol. The minimum absolute atomic E-state index is 0.119. The van der Waals surface area contributed by atoms with Crippen LogP contribution in [-0.2, 0) is 51.1 Å². The van der Waals surface area contributed by atoms with Crippen LogP contribution in [0.4, 0.5) is 0 Å². The van der Waals surface area contributed by atoms with E-state index in [0.29, 0.717) is 0 Å². The molecular formula is C74H96B2N4O4. The molecule has 442 valence electrons. The van der Waals surface area contributed by atoms with Gasteiger partial charge < -0.3 is 28.6 Å². The van der Waals surface area contributed by atoms with Crippen molar-refractivity contribution in [1.29, 1.82) is 0 Å². The highest BCUT2D eigenvalue weighted by molar-refractivity contribution is 6.71. The number of H-pyrrole nitrogens is 2. The molecule has 7 heterocycles. The second kappa shape index (κ2) is 19.9. The van der Waals surface area contributed by atoms with Crippen LogP contribution in [0.25, 0.3) is 79.1 Å². The van der Waals surface area contributed by atoms with Crippen molar-refractivity contribution in [2.24, 2.45) is 0 Å². The number of nitrogens with one attached hydrogen (secondary N) is 2. The molecule has 2 fully saturated rings. The zero-order valence-electron chi connectivity index (χ0n) is 55.9. The molecule has 4 aliphatic heterocycles. The van der Waals surface area contributed by atoms with E-state index in [0.717, 1.165) is 89.2 Å². The lowest BCUT2D eigenvalue weighted by atomic mass is 9.72. The number of nitrogens with zero attached hydrogens (tertiary/aromatic N) is 2. The van der Waals surface area contributed by atoms with Crippen molar-refractivity contribution in [3.8, 4) is 33.4 Å². The number of aromatic amines is 2. The van der Waals surface area contributed by atoms with Crippen molar-refractivity contribution in [1.82, 2.24) is 19.9 Å². The molecule has 0 aliphatic carbocycles. The lowest BCUT2D eigenvalue weighted by molar-refractivity contribution is 0.00578. The van der Waals surface area contributed by atoms with Gasteiger partial charge in [-0.25, -0.2) is 9.97 Å². The van der Waals surface area contributed by atoms with Gasteiger partial charge in [0.2, 0.25) is 0 Å². The van der Waals surface area contributed by atoms with Gasteiger partial charge in [0.25, 0.3) is 0 Å². The van der Waals surface area contributed by atoms with E-state index in [1.807, 2.05) is 0 Å². The van der Waals surface area contributed by atoms with Gasteiger partial charge >= 0.3 is 14.2 Å². The topological polar surface area (TPSA) is 94.3 Å². The highest BCUT2D eigenvalue weighted by Gasteiger charge is 2.55. The van der Waals surface area contributed by atoms with Crippen molar-refractivity contribution in [2.45, 2.75) is 235 Å². The summed E-state index contributed by atoms with van der Waals surface area (Å²) in [6.07, 6.45) is 6.62. The second-order valence-electron chi connectivity index (χ2n) is 32.9. The Labute approximate surface area is 504 Å². The van der Waals surface area contributed by atoms with Crippen LogP contribution < -0.4 is 5.46 Å². The molecule has 0 spiro atoms. The van der Waals surface area contributed by atoms with E-state index in [4.69, 9.17) is 28.6 Å². The first kappa shape index (κ1) is 61.3. The van der Waals surface area contributed by atoms with Gasteiger partial charge in [-0.2, -0.15) is 0 Å². The summed E-state index contributed by atoms with van der Waals surface area (Å²) in [5, 5.41) is 0. The van der Waals surface area contributed by atoms with Gasteiger partial charge in [-0.1, -0.05) is 179 Å². The zero-order chi connectivity index (χ0) is 61.8. The predicted octanol–water partition coefficient (Wildman–Crippen LogP) is 18.7. The maximum absolute atomic E-state index is 7.24. The first-order valence-corrected chi connectivity index (χ1v) is 30.7. The minimum atomic E-state index is -0.777. The molecule has 6 aromatic rings. The first-order valence-electron chi connectivity index (χ1n) is 30.7. The average molecular weight is 1130 g/mol. The molecule has 4 aliphatic rings. The van der Waals surface area contributed by atoms with Crippen LogP contribution in [0.2, 0.25) is 0 Å². The average Bonchev–Trinajstić information content (AvgIpc) is 1.62. The fourth-order valence-corrected chi connectivity index (χ4v) is 11.5. The van der Waals surface area contributed by atoms with E-state index in [9.17, 15) is 0 Å². The quantitative estimate of drug-likeness (QED) is 0.167. The van der Waals surface area contributed by atoms with Crippen LogP contribution in [0.1, 0.15) is 236 Å². The van der Waals surface area contributed by atoms with Crippen molar-refractivity contribution < 1.29 is 18.6 Å². The summed E-state index contributed by atoms with van der Waals surface area (Å²) in [5.41, 5.74) is 18.4. The molecule has 0 amide bonds. The molecule has 0 unspecified atom stereocenters. The van der Waals surface area contributed by atoms with Crippen LogP contribution >= 0.6 is 0 Å². The van der Waals surface area contributed by atoms with E-state index in [-0.39, 0.29) is 32.5 Å². The molecule has 3 aromatic carbocycles. The molecule has 2 N–H and O–H groups in total. The monoisotopic (exact) mass is 1130 g/mol. The summed E-state index contributed by atoms with van der Waals surface area (Å²) in [6, 6.07) is 30.3. The van der Waals surface area contributed by atoms with Crippen molar-refractivity contribution in [3.63, 3.8) is 0 Å². The Bertz CT molecular complexity index is 3750. The number of rotatable bonds is 5. The van der Waals surface area contributed by atoms with Gasteiger partial charge in [0.15, 0.2) is 0 Å². The SMILES string of the molecule is CC(C)(C)c1cc(-c2c3nc(c(-c4cc(C(C)(C)C)cc(C(C)(C)C)c4)c4cc(B5OC(C)(C)C(C)(C)O5)c([nH]4)c(-c4cc(C(C)(C)C)cc(C(C)(C)C)c4)c4nc(cc5ccc2[nH]5)C=C4B2OC(C)(C)C(C)(C)O2)C=C3)cc(C(C)(C)C)c1. The Kier molecular flexibility index (Phi) is 14.5. The molecule has 2 saturated heterocycles. The Morgan fingerprint density at radius 3 is 1.12 bits per heavy atom. The van der Waals surface area contributed by atoms with Crippen molar-refractivity contribution >= 4 is 65.5 Å². The maximum Gasteiger partial charge on any atom is 0.497 e. The van der Waals surface area contributed by atoms with E-state index in [2.05, 4.69) is 287 Å². The summed E-state index contributed by atoms with van der Waals surface area (Å²) in [6.45, 7) is 58.5. The Morgan fingerprint density at radius 1 is 0.381 bits per heavy atom. The molecule has 10 rings (SSSR count). The van der Waals surface area contributed by atoms with Gasteiger partial charge in [-0.15, -0.1) is 0 Å². The number of aromatic nitrogens is 4. The number of fused-ring (bicyclic) bond motifs is 8. The van der Waals surface area contributed by atoms with Crippen LogP contribution in [0.15, 0.2) is 78.9 Å². The molecule has 0 saturated carbocycles. The fraction of sp³-hybridized carbons (Fsp3) is 0.486. The summed E-state index contributed by atoms with van der Waals surface area (Å²) < 4.78 is 28.7. The van der Waals surface area contributed by atoms with Gasteiger partial charge in [-0.05, 0) is 180 Å². The van der Waals surface area contributed by atoms with E-state index < -0.39 is 36.6 Å². The standard InChI is InChI=1S/C74H96B2N4O4/c1-65(2,3)46-31-43(32-47(37-46)66(4,5)6)60-56-28-27-52(77-56)40-53-41-54(75-81-71(19,20)72(21,22)82-75)63(78-53)62(45-35-50(69(13,14)15)39-51(36-45)70(16,17)18)64-55(76-83-73(23,24)74(25,26)84-76)42-59(80-64)61(58-30-29-57(60)79-58)44-33-48(67(7,8)9)38-49(34-44)68(10,11)12/h27-42,77,80H,1-26H3. The summed E-state index contributed by atoms with van der Waals surface area (Å²) >= 11 is 0. The third-order valence-corrected chi connectivity index (χ3v) is 18.7. The molecule has 0 radical (unpaired) electrons. The van der Waals surface area contributed by atoms with Gasteiger partial charge in [-0.3, -0.25) is 0 Å². The van der Waals surface area contributed by atoms with Crippen molar-refractivity contribution in [2.75, 3.05) is 0 Å². The zero-order valence-corrected chi connectivity index (χ0v) is 55.9. The highest BCUT2D eigenvalue weighted by Crippen LogP contribution is 2.48. The highest BCUT2D eigenvalue weighted by atomic mass is 16.7. The van der Waals surface area contributed by atoms with Crippen LogP contribution in [0.3, 0.4) is 0 Å². The maximum atomic E-state index is 7.24.